The van der Waals surface area contributed by atoms with E-state index in [1.54, 1.807) is 0 Å². The van der Waals surface area contributed by atoms with Crippen molar-refractivity contribution in [1.82, 2.24) is 0 Å². The van der Waals surface area contributed by atoms with Crippen molar-refractivity contribution >= 4 is 5.78 Å². The van der Waals surface area contributed by atoms with Crippen molar-refractivity contribution in [1.29, 1.82) is 0 Å². The van der Waals surface area contributed by atoms with Gasteiger partial charge >= 0.3 is 0 Å². The zero-order valence-corrected chi connectivity index (χ0v) is 7.60. The van der Waals surface area contributed by atoms with Crippen LogP contribution in [0.1, 0.15) is 46.0 Å². The SMILES string of the molecule is CCC[C@H]1CC(=O)[C@H]1CCC. The smallest absolute Gasteiger partial charge is 0.136 e. The van der Waals surface area contributed by atoms with Crippen molar-refractivity contribution in [3.05, 3.63) is 0 Å². The standard InChI is InChI=1S/C10H18O/c1-3-5-8-7-10(11)9(8)6-4-2/h8-9H,3-7H2,1-2H3/t8-,9-/m0/s1. The first-order valence-corrected chi connectivity index (χ1v) is 4.82. The van der Waals surface area contributed by atoms with Crippen LogP contribution in [0.4, 0.5) is 0 Å². The van der Waals surface area contributed by atoms with Gasteiger partial charge in [-0.05, 0) is 18.8 Å². The normalized spacial score (nSPS) is 30.2. The van der Waals surface area contributed by atoms with Crippen LogP contribution in [0.2, 0.25) is 0 Å². The van der Waals surface area contributed by atoms with Gasteiger partial charge in [-0.25, -0.2) is 0 Å². The van der Waals surface area contributed by atoms with Gasteiger partial charge in [-0.3, -0.25) is 4.79 Å². The Morgan fingerprint density at radius 2 is 1.91 bits per heavy atom. The molecule has 64 valence electrons. The Bertz CT molecular complexity index is 140. The molecule has 1 aliphatic carbocycles. The summed E-state index contributed by atoms with van der Waals surface area (Å²) in [5.41, 5.74) is 0. The summed E-state index contributed by atoms with van der Waals surface area (Å²) >= 11 is 0. The van der Waals surface area contributed by atoms with Crippen LogP contribution >= 0.6 is 0 Å². The van der Waals surface area contributed by atoms with Crippen LogP contribution in [0.25, 0.3) is 0 Å². The van der Waals surface area contributed by atoms with Gasteiger partial charge in [0.05, 0.1) is 0 Å². The molecule has 1 heteroatoms. The van der Waals surface area contributed by atoms with E-state index in [9.17, 15) is 4.79 Å². The Morgan fingerprint density at radius 3 is 2.36 bits per heavy atom. The zero-order chi connectivity index (χ0) is 8.27. The number of carbonyl (C=O) groups is 1. The van der Waals surface area contributed by atoms with Gasteiger partial charge in [0.2, 0.25) is 0 Å². The quantitative estimate of drug-likeness (QED) is 0.608. The number of carbonyl (C=O) groups excluding carboxylic acids is 1. The fourth-order valence-electron chi connectivity index (χ4n) is 2.04. The predicted molar refractivity (Wildman–Crippen MR) is 46.4 cm³/mol. The molecular formula is C10H18O. The van der Waals surface area contributed by atoms with Crippen LogP contribution < -0.4 is 0 Å². The van der Waals surface area contributed by atoms with E-state index in [-0.39, 0.29) is 0 Å². The van der Waals surface area contributed by atoms with E-state index in [1.165, 1.54) is 12.8 Å². The third kappa shape index (κ3) is 1.82. The lowest BCUT2D eigenvalue weighted by Gasteiger charge is -2.34. The maximum Gasteiger partial charge on any atom is 0.136 e. The van der Waals surface area contributed by atoms with E-state index >= 15 is 0 Å². The largest absolute Gasteiger partial charge is 0.299 e. The summed E-state index contributed by atoms with van der Waals surface area (Å²) in [7, 11) is 0. The summed E-state index contributed by atoms with van der Waals surface area (Å²) in [6, 6.07) is 0. The molecule has 11 heavy (non-hydrogen) atoms. The van der Waals surface area contributed by atoms with Crippen molar-refractivity contribution in [2.45, 2.75) is 46.0 Å². The van der Waals surface area contributed by atoms with Gasteiger partial charge < -0.3 is 0 Å². The van der Waals surface area contributed by atoms with Crippen molar-refractivity contribution in [3.8, 4) is 0 Å². The molecule has 2 atom stereocenters. The molecular weight excluding hydrogens is 136 g/mol. The van der Waals surface area contributed by atoms with Crippen molar-refractivity contribution in [3.63, 3.8) is 0 Å². The van der Waals surface area contributed by atoms with Crippen molar-refractivity contribution < 1.29 is 4.79 Å². The molecule has 0 unspecified atom stereocenters. The predicted octanol–water partition coefficient (Wildman–Crippen LogP) is 2.79. The molecule has 0 aromatic rings. The third-order valence-corrected chi connectivity index (χ3v) is 2.71. The molecule has 0 aromatic heterocycles. The Hall–Kier alpha value is -0.330. The van der Waals surface area contributed by atoms with Crippen molar-refractivity contribution in [2.75, 3.05) is 0 Å². The monoisotopic (exact) mass is 154 g/mol. The molecule has 0 amide bonds. The molecule has 0 radical (unpaired) electrons. The molecule has 0 bridgehead atoms. The van der Waals surface area contributed by atoms with Crippen LogP contribution in [-0.2, 0) is 4.79 Å². The molecule has 1 rings (SSSR count). The summed E-state index contributed by atoms with van der Waals surface area (Å²) in [6.07, 6.45) is 5.66. The third-order valence-electron chi connectivity index (χ3n) is 2.71. The van der Waals surface area contributed by atoms with Crippen LogP contribution in [0.5, 0.6) is 0 Å². The maximum absolute atomic E-state index is 11.1. The summed E-state index contributed by atoms with van der Waals surface area (Å²) in [5.74, 6) is 1.71. The molecule has 0 N–H and O–H groups in total. The molecule has 1 nitrogen and oxygen atoms in total. The molecule has 0 spiro atoms. The van der Waals surface area contributed by atoms with E-state index in [2.05, 4.69) is 13.8 Å². The average Bonchev–Trinajstić information content (AvgIpc) is 2.00. The van der Waals surface area contributed by atoms with Crippen LogP contribution in [0.15, 0.2) is 0 Å². The van der Waals surface area contributed by atoms with Gasteiger partial charge in [0.25, 0.3) is 0 Å². The maximum atomic E-state index is 11.1. The highest BCUT2D eigenvalue weighted by Crippen LogP contribution is 2.37. The molecule has 0 aromatic carbocycles. The first-order valence-electron chi connectivity index (χ1n) is 4.82. The molecule has 1 saturated carbocycles. The number of ketones is 1. The molecule has 0 heterocycles. The first kappa shape index (κ1) is 8.76. The second kappa shape index (κ2) is 3.89. The lowest BCUT2D eigenvalue weighted by atomic mass is 9.68. The second-order valence-electron chi connectivity index (χ2n) is 3.61. The van der Waals surface area contributed by atoms with Gasteiger partial charge in [0.1, 0.15) is 5.78 Å². The van der Waals surface area contributed by atoms with Gasteiger partial charge in [0.15, 0.2) is 0 Å². The highest BCUT2D eigenvalue weighted by atomic mass is 16.1. The molecule has 0 saturated heterocycles. The highest BCUT2D eigenvalue weighted by Gasteiger charge is 2.37. The minimum atomic E-state index is 0.444. The number of hydrogen-bond acceptors (Lipinski definition) is 1. The van der Waals surface area contributed by atoms with Gasteiger partial charge in [-0.1, -0.05) is 26.7 Å². The van der Waals surface area contributed by atoms with Gasteiger partial charge in [0, 0.05) is 12.3 Å². The van der Waals surface area contributed by atoms with E-state index in [1.807, 2.05) is 0 Å². The molecule has 0 aliphatic heterocycles. The fraction of sp³-hybridized carbons (Fsp3) is 0.900. The number of Topliss-reactive ketones (excluding diaryl/α,β-unsaturated/α-hetero) is 1. The summed E-state index contributed by atoms with van der Waals surface area (Å²) in [5, 5.41) is 0. The fourth-order valence-corrected chi connectivity index (χ4v) is 2.04. The number of hydrogen-bond donors (Lipinski definition) is 0. The average molecular weight is 154 g/mol. The lowest BCUT2D eigenvalue weighted by molar-refractivity contribution is -0.134. The molecule has 1 aliphatic rings. The summed E-state index contributed by atoms with van der Waals surface area (Å²) < 4.78 is 0. The Labute approximate surface area is 69.2 Å². The topological polar surface area (TPSA) is 17.1 Å². The van der Waals surface area contributed by atoms with Gasteiger partial charge in [-0.15, -0.1) is 0 Å². The summed E-state index contributed by atoms with van der Waals surface area (Å²) in [6.45, 7) is 4.36. The highest BCUT2D eigenvalue weighted by molar-refractivity contribution is 5.87. The van der Waals surface area contributed by atoms with Crippen LogP contribution in [0, 0.1) is 11.8 Å². The lowest BCUT2D eigenvalue weighted by Crippen LogP contribution is -2.36. The summed E-state index contributed by atoms with van der Waals surface area (Å²) in [4.78, 5) is 11.1. The minimum Gasteiger partial charge on any atom is -0.299 e. The Kier molecular flexibility index (Phi) is 3.10. The van der Waals surface area contributed by atoms with Crippen LogP contribution in [0.3, 0.4) is 0 Å². The van der Waals surface area contributed by atoms with E-state index in [0.29, 0.717) is 11.7 Å². The minimum absolute atomic E-state index is 0.444. The zero-order valence-electron chi connectivity index (χ0n) is 7.60. The number of rotatable bonds is 4. The van der Waals surface area contributed by atoms with E-state index < -0.39 is 0 Å². The van der Waals surface area contributed by atoms with E-state index in [4.69, 9.17) is 0 Å². The van der Waals surface area contributed by atoms with Crippen LogP contribution in [-0.4, -0.2) is 5.78 Å². The Balaban J connectivity index is 2.29. The Morgan fingerprint density at radius 1 is 1.27 bits per heavy atom. The van der Waals surface area contributed by atoms with E-state index in [0.717, 1.165) is 25.2 Å². The second-order valence-corrected chi connectivity index (χ2v) is 3.61. The van der Waals surface area contributed by atoms with Crippen molar-refractivity contribution in [2.24, 2.45) is 11.8 Å². The molecule has 1 fully saturated rings. The first-order chi connectivity index (χ1) is 5.29. The van der Waals surface area contributed by atoms with Gasteiger partial charge in [-0.2, -0.15) is 0 Å².